The number of ketones is 1. The molecule has 2 heterocycles. The Balaban J connectivity index is 2.00. The highest BCUT2D eigenvalue weighted by Gasteiger charge is 2.46. The third kappa shape index (κ3) is 3.55. The molecule has 7 heteroatoms. The van der Waals surface area contributed by atoms with Crippen LogP contribution in [-0.2, 0) is 14.3 Å². The topological polar surface area (TPSA) is 87.1 Å². The Morgan fingerprint density at radius 1 is 1.12 bits per heavy atom. The molecule has 2 N–H and O–H groups in total. The van der Waals surface area contributed by atoms with Gasteiger partial charge in [-0.1, -0.05) is 36.4 Å². The number of nitrogens with zero attached hydrogens (tertiary/aromatic N) is 1. The average Bonchev–Trinajstić information content (AvgIpc) is 3.27. The Morgan fingerprint density at radius 2 is 1.88 bits per heavy atom. The van der Waals surface area contributed by atoms with Gasteiger partial charge in [0.05, 0.1) is 31.4 Å². The summed E-state index contributed by atoms with van der Waals surface area (Å²) in [5.74, 6) is -1.54. The van der Waals surface area contributed by atoms with E-state index in [0.717, 1.165) is 4.88 Å². The zero-order valence-corrected chi connectivity index (χ0v) is 14.8. The van der Waals surface area contributed by atoms with Crippen LogP contribution in [0.1, 0.15) is 16.5 Å². The quantitative estimate of drug-likeness (QED) is 0.336. The summed E-state index contributed by atoms with van der Waals surface area (Å²) in [7, 11) is 0. The third-order valence-electron chi connectivity index (χ3n) is 4.11. The fourth-order valence-corrected chi connectivity index (χ4v) is 3.78. The molecule has 0 spiro atoms. The van der Waals surface area contributed by atoms with Crippen molar-refractivity contribution in [2.24, 2.45) is 0 Å². The zero-order valence-electron chi connectivity index (χ0n) is 14.0. The molecule has 1 aromatic heterocycles. The predicted octanol–water partition coefficient (Wildman–Crippen LogP) is 2.18. The molecule has 0 radical (unpaired) electrons. The normalized spacial score (nSPS) is 19.3. The summed E-state index contributed by atoms with van der Waals surface area (Å²) < 4.78 is 5.24. The van der Waals surface area contributed by atoms with E-state index in [1.165, 1.54) is 16.2 Å². The molecule has 1 aliphatic rings. The number of aliphatic hydroxyl groups excluding tert-OH is 2. The number of hydrogen-bond donors (Lipinski definition) is 2. The standard InChI is InChI=1S/C19H19NO5S/c21-9-11-25-10-8-20-16(14-7-4-12-26-14)15(18(23)19(20)24)17(22)13-5-2-1-3-6-13/h1-7,12,16,21-22H,8-11H2/b17-15+. The van der Waals surface area contributed by atoms with Crippen molar-refractivity contribution >= 4 is 28.8 Å². The van der Waals surface area contributed by atoms with Crippen LogP contribution in [0.15, 0.2) is 53.4 Å². The average molecular weight is 373 g/mol. The number of Topliss-reactive ketones (excluding diaryl/α,β-unsaturated/α-hetero) is 1. The van der Waals surface area contributed by atoms with Crippen LogP contribution in [0.2, 0.25) is 0 Å². The smallest absolute Gasteiger partial charge is 0.295 e. The summed E-state index contributed by atoms with van der Waals surface area (Å²) in [6.45, 7) is 0.443. The summed E-state index contributed by atoms with van der Waals surface area (Å²) >= 11 is 1.42. The van der Waals surface area contributed by atoms with Gasteiger partial charge in [0.15, 0.2) is 0 Å². The van der Waals surface area contributed by atoms with Crippen molar-refractivity contribution in [2.45, 2.75) is 6.04 Å². The Labute approximate surface area is 155 Å². The van der Waals surface area contributed by atoms with Gasteiger partial charge in [0.2, 0.25) is 0 Å². The van der Waals surface area contributed by atoms with Crippen LogP contribution in [0.5, 0.6) is 0 Å². The first-order valence-electron chi connectivity index (χ1n) is 8.21. The SMILES string of the molecule is O=C1C(=O)N(CCOCCO)C(c2cccs2)/C1=C(\O)c1ccccc1. The number of ether oxygens (including phenoxy) is 1. The lowest BCUT2D eigenvalue weighted by Gasteiger charge is -2.23. The highest BCUT2D eigenvalue weighted by Crippen LogP contribution is 2.40. The van der Waals surface area contributed by atoms with Crippen LogP contribution in [0.4, 0.5) is 0 Å². The zero-order chi connectivity index (χ0) is 18.5. The first kappa shape index (κ1) is 18.3. The van der Waals surface area contributed by atoms with E-state index < -0.39 is 17.7 Å². The fraction of sp³-hybridized carbons (Fsp3) is 0.263. The van der Waals surface area contributed by atoms with Crippen molar-refractivity contribution in [3.05, 3.63) is 63.9 Å². The van der Waals surface area contributed by atoms with E-state index in [-0.39, 0.29) is 37.7 Å². The van der Waals surface area contributed by atoms with Gasteiger partial charge in [0.25, 0.3) is 11.7 Å². The minimum atomic E-state index is -0.702. The van der Waals surface area contributed by atoms with E-state index in [1.807, 2.05) is 23.6 Å². The van der Waals surface area contributed by atoms with Gasteiger partial charge in [-0.05, 0) is 11.4 Å². The first-order chi connectivity index (χ1) is 12.6. The molecule has 0 bridgehead atoms. The molecule has 1 amide bonds. The molecule has 1 saturated heterocycles. The summed E-state index contributed by atoms with van der Waals surface area (Å²) in [6, 6.07) is 11.7. The molecular formula is C19H19NO5S. The van der Waals surface area contributed by atoms with E-state index in [9.17, 15) is 14.7 Å². The second kappa shape index (κ2) is 8.27. The van der Waals surface area contributed by atoms with E-state index >= 15 is 0 Å². The molecule has 1 aliphatic heterocycles. The van der Waals surface area contributed by atoms with Gasteiger partial charge in [-0.3, -0.25) is 9.59 Å². The highest BCUT2D eigenvalue weighted by molar-refractivity contribution is 7.10. The van der Waals surface area contributed by atoms with Crippen molar-refractivity contribution in [1.29, 1.82) is 0 Å². The number of aliphatic hydroxyl groups is 2. The van der Waals surface area contributed by atoms with Crippen molar-refractivity contribution in [2.75, 3.05) is 26.4 Å². The molecule has 1 aromatic carbocycles. The number of carbonyl (C=O) groups is 2. The first-order valence-corrected chi connectivity index (χ1v) is 9.09. The Morgan fingerprint density at radius 3 is 2.54 bits per heavy atom. The number of amides is 1. The maximum atomic E-state index is 12.6. The minimum absolute atomic E-state index is 0.0887. The number of benzene rings is 1. The van der Waals surface area contributed by atoms with Gasteiger partial charge in [-0.15, -0.1) is 11.3 Å². The highest BCUT2D eigenvalue weighted by atomic mass is 32.1. The maximum Gasteiger partial charge on any atom is 0.295 e. The largest absolute Gasteiger partial charge is 0.507 e. The van der Waals surface area contributed by atoms with Gasteiger partial charge >= 0.3 is 0 Å². The van der Waals surface area contributed by atoms with Gasteiger partial charge in [0.1, 0.15) is 5.76 Å². The van der Waals surface area contributed by atoms with E-state index in [2.05, 4.69) is 0 Å². The summed E-state index contributed by atoms with van der Waals surface area (Å²) in [4.78, 5) is 27.4. The maximum absolute atomic E-state index is 12.6. The van der Waals surface area contributed by atoms with Crippen LogP contribution < -0.4 is 0 Å². The molecule has 1 atom stereocenters. The lowest BCUT2D eigenvalue weighted by molar-refractivity contribution is -0.140. The summed E-state index contributed by atoms with van der Waals surface area (Å²) in [5, 5.41) is 21.4. The molecule has 136 valence electrons. The predicted molar refractivity (Wildman–Crippen MR) is 97.7 cm³/mol. The van der Waals surface area contributed by atoms with Gasteiger partial charge in [-0.25, -0.2) is 0 Å². The molecular weight excluding hydrogens is 354 g/mol. The van der Waals surface area contributed by atoms with Crippen LogP contribution in [0.3, 0.4) is 0 Å². The van der Waals surface area contributed by atoms with Gasteiger partial charge in [0, 0.05) is 17.0 Å². The number of thiophene rings is 1. The van der Waals surface area contributed by atoms with Crippen LogP contribution >= 0.6 is 11.3 Å². The van der Waals surface area contributed by atoms with Gasteiger partial charge in [-0.2, -0.15) is 0 Å². The molecule has 0 aliphatic carbocycles. The van der Waals surface area contributed by atoms with E-state index in [4.69, 9.17) is 9.84 Å². The molecule has 0 saturated carbocycles. The monoisotopic (exact) mass is 373 g/mol. The lowest BCUT2D eigenvalue weighted by Crippen LogP contribution is -2.32. The fourth-order valence-electron chi connectivity index (χ4n) is 2.93. The summed E-state index contributed by atoms with van der Waals surface area (Å²) in [5.41, 5.74) is 0.578. The van der Waals surface area contributed by atoms with Crippen molar-refractivity contribution < 1.29 is 24.5 Å². The van der Waals surface area contributed by atoms with E-state index in [0.29, 0.717) is 5.56 Å². The number of hydrogen-bond acceptors (Lipinski definition) is 6. The second-order valence-corrected chi connectivity index (χ2v) is 6.69. The van der Waals surface area contributed by atoms with Crippen LogP contribution in [0, 0.1) is 0 Å². The molecule has 3 rings (SSSR count). The van der Waals surface area contributed by atoms with E-state index in [1.54, 1.807) is 24.3 Å². The van der Waals surface area contributed by atoms with Crippen molar-refractivity contribution in [3.63, 3.8) is 0 Å². The second-order valence-electron chi connectivity index (χ2n) is 5.71. The number of rotatable bonds is 7. The van der Waals surface area contributed by atoms with Crippen molar-refractivity contribution in [3.8, 4) is 0 Å². The number of carbonyl (C=O) groups excluding carboxylic acids is 2. The Kier molecular flexibility index (Phi) is 5.82. The Hall–Kier alpha value is -2.48. The molecule has 6 nitrogen and oxygen atoms in total. The third-order valence-corrected chi connectivity index (χ3v) is 5.04. The van der Waals surface area contributed by atoms with Crippen LogP contribution in [0.25, 0.3) is 5.76 Å². The molecule has 1 unspecified atom stereocenters. The van der Waals surface area contributed by atoms with Crippen molar-refractivity contribution in [1.82, 2.24) is 4.90 Å². The van der Waals surface area contributed by atoms with Gasteiger partial charge < -0.3 is 19.8 Å². The number of likely N-dealkylation sites (tertiary alicyclic amines) is 1. The molecule has 1 fully saturated rings. The Bertz CT molecular complexity index is 801. The van der Waals surface area contributed by atoms with Crippen LogP contribution in [-0.4, -0.2) is 53.2 Å². The lowest BCUT2D eigenvalue weighted by atomic mass is 10.00. The molecule has 2 aromatic rings. The minimum Gasteiger partial charge on any atom is -0.507 e. The molecule has 26 heavy (non-hydrogen) atoms. The summed E-state index contributed by atoms with van der Waals surface area (Å²) in [6.07, 6.45) is 0.